The van der Waals surface area contributed by atoms with E-state index in [9.17, 15) is 14.0 Å². The van der Waals surface area contributed by atoms with Crippen molar-refractivity contribution >= 4 is 23.6 Å². The zero-order valence-corrected chi connectivity index (χ0v) is 11.2. The summed E-state index contributed by atoms with van der Waals surface area (Å²) in [4.78, 5) is 23.3. The number of hydrogen-bond donors (Lipinski definition) is 2. The van der Waals surface area contributed by atoms with Crippen LogP contribution in [-0.4, -0.2) is 35.1 Å². The number of aliphatic carboxylic acids is 1. The molecule has 20 heavy (non-hydrogen) atoms. The van der Waals surface area contributed by atoms with Crippen LogP contribution in [0.2, 0.25) is 5.02 Å². The first kappa shape index (κ1) is 15.8. The number of nitrogens with one attached hydrogen (secondary N) is 1. The summed E-state index contributed by atoms with van der Waals surface area (Å²) in [7, 11) is 0. The second-order valence-corrected chi connectivity index (χ2v) is 4.27. The maximum absolute atomic E-state index is 13.0. The second-order valence-electron chi connectivity index (χ2n) is 3.86. The third-order valence-electron chi connectivity index (χ3n) is 2.32. The van der Waals surface area contributed by atoms with Crippen molar-refractivity contribution in [1.82, 2.24) is 10.2 Å². The van der Waals surface area contributed by atoms with E-state index < -0.39 is 24.4 Å². The summed E-state index contributed by atoms with van der Waals surface area (Å²) in [6.07, 6.45) is 5.06. The van der Waals surface area contributed by atoms with E-state index in [1.54, 1.807) is 0 Å². The molecule has 1 rings (SSSR count). The number of nitrogens with zero attached hydrogens (tertiary/aromatic N) is 1. The van der Waals surface area contributed by atoms with Gasteiger partial charge in [-0.3, -0.25) is 4.79 Å². The third kappa shape index (κ3) is 4.78. The summed E-state index contributed by atoms with van der Waals surface area (Å²) in [6, 6.07) is 3.40. The third-order valence-corrected chi connectivity index (χ3v) is 2.61. The number of amides is 2. The van der Waals surface area contributed by atoms with Crippen molar-refractivity contribution in [3.05, 3.63) is 34.6 Å². The Labute approximate surface area is 120 Å². The molecular formula is C13H12ClFN2O3. The summed E-state index contributed by atoms with van der Waals surface area (Å²) >= 11 is 5.61. The van der Waals surface area contributed by atoms with Gasteiger partial charge in [0, 0.05) is 6.54 Å². The molecule has 0 spiro atoms. The minimum absolute atomic E-state index is 0.0530. The molecule has 2 amide bonds. The number of carboxylic acid groups (broad SMARTS) is 1. The minimum atomic E-state index is -1.17. The molecule has 1 aromatic carbocycles. The number of carboxylic acids is 1. The quantitative estimate of drug-likeness (QED) is 0.813. The summed E-state index contributed by atoms with van der Waals surface area (Å²) in [5, 5.41) is 11.1. The zero-order chi connectivity index (χ0) is 15.1. The number of carbonyl (C=O) groups is 2. The van der Waals surface area contributed by atoms with Gasteiger partial charge in [0.1, 0.15) is 12.4 Å². The highest BCUT2D eigenvalue weighted by molar-refractivity contribution is 6.30. The lowest BCUT2D eigenvalue weighted by Gasteiger charge is -2.18. The maximum Gasteiger partial charge on any atom is 0.323 e. The highest BCUT2D eigenvalue weighted by Gasteiger charge is 2.15. The topological polar surface area (TPSA) is 69.6 Å². The number of hydrogen-bond acceptors (Lipinski definition) is 2. The van der Waals surface area contributed by atoms with Crippen LogP contribution in [0, 0.1) is 18.2 Å². The molecule has 0 radical (unpaired) electrons. The van der Waals surface area contributed by atoms with Crippen LogP contribution in [-0.2, 0) is 11.3 Å². The van der Waals surface area contributed by atoms with Gasteiger partial charge in [0.05, 0.1) is 11.6 Å². The molecule has 0 fully saturated rings. The Morgan fingerprint density at radius 3 is 2.75 bits per heavy atom. The first-order chi connectivity index (χ1) is 9.43. The first-order valence-electron chi connectivity index (χ1n) is 5.56. The minimum Gasteiger partial charge on any atom is -0.480 e. The molecule has 7 heteroatoms. The standard InChI is InChI=1S/C13H12ClFN2O3/c1-2-5-17(8-12(18)19)13(20)16-7-9-3-4-11(15)10(14)6-9/h1,3-4,6H,5,7-8H2,(H,16,20)(H,18,19). The molecular weight excluding hydrogens is 287 g/mol. The van der Waals surface area contributed by atoms with Crippen LogP contribution in [0.4, 0.5) is 9.18 Å². The van der Waals surface area contributed by atoms with Crippen LogP contribution < -0.4 is 5.32 Å². The number of benzene rings is 1. The molecule has 0 aromatic heterocycles. The van der Waals surface area contributed by atoms with Crippen LogP contribution in [0.1, 0.15) is 5.56 Å². The number of urea groups is 1. The Morgan fingerprint density at radius 2 is 2.20 bits per heavy atom. The van der Waals surface area contributed by atoms with Crippen molar-refractivity contribution in [3.63, 3.8) is 0 Å². The van der Waals surface area contributed by atoms with E-state index in [4.69, 9.17) is 23.1 Å². The van der Waals surface area contributed by atoms with Crippen molar-refractivity contribution in [1.29, 1.82) is 0 Å². The van der Waals surface area contributed by atoms with Gasteiger partial charge < -0.3 is 15.3 Å². The summed E-state index contributed by atoms with van der Waals surface area (Å²) < 4.78 is 13.0. The van der Waals surface area contributed by atoms with Crippen LogP contribution in [0.25, 0.3) is 0 Å². The Kier molecular flexibility index (Phi) is 5.81. The molecule has 0 atom stereocenters. The lowest BCUT2D eigenvalue weighted by molar-refractivity contribution is -0.137. The van der Waals surface area contributed by atoms with Gasteiger partial charge in [-0.05, 0) is 17.7 Å². The van der Waals surface area contributed by atoms with Gasteiger partial charge in [-0.1, -0.05) is 23.6 Å². The monoisotopic (exact) mass is 298 g/mol. The van der Waals surface area contributed by atoms with Crippen LogP contribution in [0.15, 0.2) is 18.2 Å². The summed E-state index contributed by atoms with van der Waals surface area (Å²) in [5.41, 5.74) is 0.584. The molecule has 0 saturated carbocycles. The molecule has 0 saturated heterocycles. The van der Waals surface area contributed by atoms with Gasteiger partial charge in [-0.15, -0.1) is 6.42 Å². The van der Waals surface area contributed by atoms with Gasteiger partial charge in [-0.25, -0.2) is 9.18 Å². The van der Waals surface area contributed by atoms with Crippen molar-refractivity contribution in [2.45, 2.75) is 6.54 Å². The van der Waals surface area contributed by atoms with Gasteiger partial charge in [0.25, 0.3) is 0 Å². The molecule has 0 bridgehead atoms. The van der Waals surface area contributed by atoms with Crippen molar-refractivity contribution in [2.75, 3.05) is 13.1 Å². The Hall–Kier alpha value is -2.26. The fourth-order valence-corrected chi connectivity index (χ4v) is 1.62. The highest BCUT2D eigenvalue weighted by atomic mass is 35.5. The van der Waals surface area contributed by atoms with Crippen LogP contribution in [0.5, 0.6) is 0 Å². The molecule has 0 aliphatic rings. The number of carbonyl (C=O) groups excluding carboxylic acids is 1. The lowest BCUT2D eigenvalue weighted by atomic mass is 10.2. The van der Waals surface area contributed by atoms with Crippen LogP contribution >= 0.6 is 11.6 Å². The number of rotatable bonds is 5. The first-order valence-corrected chi connectivity index (χ1v) is 5.93. The number of terminal acetylenes is 1. The Morgan fingerprint density at radius 1 is 1.50 bits per heavy atom. The summed E-state index contributed by atoms with van der Waals surface area (Å²) in [5.74, 6) is 0.479. The van der Waals surface area contributed by atoms with Gasteiger partial charge in [-0.2, -0.15) is 0 Å². The van der Waals surface area contributed by atoms with Crippen molar-refractivity contribution < 1.29 is 19.1 Å². The fourth-order valence-electron chi connectivity index (χ4n) is 1.41. The Balaban J connectivity index is 2.62. The second kappa shape index (κ2) is 7.36. The molecule has 1 aromatic rings. The molecule has 0 heterocycles. The normalized spacial score (nSPS) is 9.65. The molecule has 0 aliphatic heterocycles. The fraction of sp³-hybridized carbons (Fsp3) is 0.231. The average Bonchev–Trinajstić information content (AvgIpc) is 2.39. The lowest BCUT2D eigenvalue weighted by Crippen LogP contribution is -2.42. The van der Waals surface area contributed by atoms with E-state index in [2.05, 4.69) is 11.2 Å². The summed E-state index contributed by atoms with van der Waals surface area (Å²) in [6.45, 7) is -0.540. The SMILES string of the molecule is C#CCN(CC(=O)O)C(=O)NCc1ccc(F)c(Cl)c1. The number of halogens is 2. The smallest absolute Gasteiger partial charge is 0.323 e. The highest BCUT2D eigenvalue weighted by Crippen LogP contribution is 2.15. The molecule has 0 aliphatic carbocycles. The van der Waals surface area contributed by atoms with Gasteiger partial charge in [0.15, 0.2) is 0 Å². The van der Waals surface area contributed by atoms with Gasteiger partial charge in [0.2, 0.25) is 0 Å². The van der Waals surface area contributed by atoms with Crippen molar-refractivity contribution in [3.8, 4) is 12.3 Å². The maximum atomic E-state index is 13.0. The molecule has 0 unspecified atom stereocenters. The Bertz CT molecular complexity index is 557. The predicted octanol–water partition coefficient (Wildman–Crippen LogP) is 1.71. The largest absolute Gasteiger partial charge is 0.480 e. The van der Waals surface area contributed by atoms with Gasteiger partial charge >= 0.3 is 12.0 Å². The van der Waals surface area contributed by atoms with E-state index in [1.807, 2.05) is 0 Å². The average molecular weight is 299 g/mol. The van der Waals surface area contributed by atoms with E-state index >= 15 is 0 Å². The van der Waals surface area contributed by atoms with E-state index in [0.29, 0.717) is 5.56 Å². The van der Waals surface area contributed by atoms with E-state index in [-0.39, 0.29) is 18.1 Å². The molecule has 106 valence electrons. The predicted molar refractivity (Wildman–Crippen MR) is 71.7 cm³/mol. The molecule has 2 N–H and O–H groups in total. The molecule has 5 nitrogen and oxygen atoms in total. The van der Waals surface area contributed by atoms with Crippen LogP contribution in [0.3, 0.4) is 0 Å². The zero-order valence-electron chi connectivity index (χ0n) is 10.4. The van der Waals surface area contributed by atoms with Crippen molar-refractivity contribution in [2.24, 2.45) is 0 Å². The van der Waals surface area contributed by atoms with E-state index in [1.165, 1.54) is 18.2 Å². The van der Waals surface area contributed by atoms with E-state index in [0.717, 1.165) is 4.90 Å².